The molecule has 0 bridgehead atoms. The van der Waals surface area contributed by atoms with Gasteiger partial charge in [0.1, 0.15) is 5.69 Å². The normalized spacial score (nSPS) is 14.0. The molecule has 0 unspecified atom stereocenters. The molecule has 1 aliphatic rings. The fourth-order valence-corrected chi connectivity index (χ4v) is 2.47. The van der Waals surface area contributed by atoms with Gasteiger partial charge in [0, 0.05) is 22.7 Å². The standard InChI is InChI=1S/C14H13ClN2O3/c1-19-14(18)17-7-6-11-12(8-17)16-20-13(11)9-2-4-10(15)5-3-9/h2-5H,6-8H2,1H3. The molecule has 1 aromatic carbocycles. The largest absolute Gasteiger partial charge is 0.453 e. The van der Waals surface area contributed by atoms with Gasteiger partial charge in [-0.15, -0.1) is 0 Å². The molecule has 2 aromatic rings. The summed E-state index contributed by atoms with van der Waals surface area (Å²) >= 11 is 5.88. The molecule has 0 spiro atoms. The first kappa shape index (κ1) is 13.0. The van der Waals surface area contributed by atoms with Gasteiger partial charge in [0.15, 0.2) is 5.76 Å². The van der Waals surface area contributed by atoms with Crippen LogP contribution in [0.15, 0.2) is 28.8 Å². The van der Waals surface area contributed by atoms with Crippen molar-refractivity contribution in [1.82, 2.24) is 10.1 Å². The van der Waals surface area contributed by atoms with Gasteiger partial charge in [-0.1, -0.05) is 16.8 Å². The van der Waals surface area contributed by atoms with E-state index in [1.54, 1.807) is 4.90 Å². The van der Waals surface area contributed by atoms with Crippen molar-refractivity contribution in [1.29, 1.82) is 0 Å². The molecule has 1 aromatic heterocycles. The van der Waals surface area contributed by atoms with Gasteiger partial charge in [0.05, 0.1) is 13.7 Å². The number of ether oxygens (including phenoxy) is 1. The molecular weight excluding hydrogens is 280 g/mol. The summed E-state index contributed by atoms with van der Waals surface area (Å²) < 4.78 is 10.2. The summed E-state index contributed by atoms with van der Waals surface area (Å²) in [6, 6.07) is 7.43. The lowest BCUT2D eigenvalue weighted by atomic mass is 10.0. The van der Waals surface area contributed by atoms with Crippen LogP contribution in [0.2, 0.25) is 5.02 Å². The van der Waals surface area contributed by atoms with Gasteiger partial charge < -0.3 is 14.2 Å². The maximum absolute atomic E-state index is 11.5. The Balaban J connectivity index is 1.90. The van der Waals surface area contributed by atoms with Crippen LogP contribution in [0.5, 0.6) is 0 Å². The molecule has 0 saturated heterocycles. The van der Waals surface area contributed by atoms with E-state index in [0.29, 0.717) is 24.5 Å². The molecule has 0 atom stereocenters. The fraction of sp³-hybridized carbons (Fsp3) is 0.286. The van der Waals surface area contributed by atoms with E-state index in [-0.39, 0.29) is 6.09 Å². The minimum absolute atomic E-state index is 0.341. The number of aromatic nitrogens is 1. The van der Waals surface area contributed by atoms with Crippen LogP contribution in [0.25, 0.3) is 11.3 Å². The predicted octanol–water partition coefficient (Wildman–Crippen LogP) is 3.12. The number of fused-ring (bicyclic) bond motifs is 1. The first-order chi connectivity index (χ1) is 9.69. The van der Waals surface area contributed by atoms with Crippen LogP contribution < -0.4 is 0 Å². The van der Waals surface area contributed by atoms with Crippen molar-refractivity contribution in [2.24, 2.45) is 0 Å². The molecule has 0 aliphatic carbocycles. The molecule has 2 heterocycles. The third-order valence-corrected chi connectivity index (χ3v) is 3.63. The average Bonchev–Trinajstić information content (AvgIpc) is 2.90. The van der Waals surface area contributed by atoms with Crippen LogP contribution in [0, 0.1) is 0 Å². The second kappa shape index (κ2) is 5.17. The van der Waals surface area contributed by atoms with E-state index in [2.05, 4.69) is 5.16 Å². The number of rotatable bonds is 1. The summed E-state index contributed by atoms with van der Waals surface area (Å²) in [6.07, 6.45) is 0.359. The number of methoxy groups -OCH3 is 1. The summed E-state index contributed by atoms with van der Waals surface area (Å²) in [4.78, 5) is 13.1. The summed E-state index contributed by atoms with van der Waals surface area (Å²) in [5, 5.41) is 4.74. The maximum Gasteiger partial charge on any atom is 0.409 e. The number of carbonyl (C=O) groups is 1. The monoisotopic (exact) mass is 292 g/mol. The maximum atomic E-state index is 11.5. The molecule has 6 heteroatoms. The summed E-state index contributed by atoms with van der Waals surface area (Å²) in [6.45, 7) is 1.01. The van der Waals surface area contributed by atoms with E-state index in [1.165, 1.54) is 7.11 Å². The molecule has 0 fully saturated rings. The zero-order valence-electron chi connectivity index (χ0n) is 10.9. The number of nitrogens with zero attached hydrogens (tertiary/aromatic N) is 2. The van der Waals surface area contributed by atoms with Crippen molar-refractivity contribution in [2.75, 3.05) is 13.7 Å². The molecule has 1 aliphatic heterocycles. The molecule has 0 radical (unpaired) electrons. The predicted molar refractivity (Wildman–Crippen MR) is 73.5 cm³/mol. The highest BCUT2D eigenvalue weighted by Gasteiger charge is 2.27. The van der Waals surface area contributed by atoms with Crippen molar-refractivity contribution in [2.45, 2.75) is 13.0 Å². The molecule has 20 heavy (non-hydrogen) atoms. The molecular formula is C14H13ClN2O3. The van der Waals surface area contributed by atoms with Gasteiger partial charge in [-0.3, -0.25) is 0 Å². The molecule has 0 N–H and O–H groups in total. The Bertz CT molecular complexity index is 636. The first-order valence-electron chi connectivity index (χ1n) is 6.25. The second-order valence-electron chi connectivity index (χ2n) is 4.59. The lowest BCUT2D eigenvalue weighted by Gasteiger charge is -2.24. The fourth-order valence-electron chi connectivity index (χ4n) is 2.34. The summed E-state index contributed by atoms with van der Waals surface area (Å²) in [5.74, 6) is 0.751. The van der Waals surface area contributed by atoms with Crippen molar-refractivity contribution < 1.29 is 14.1 Å². The van der Waals surface area contributed by atoms with E-state index in [9.17, 15) is 4.79 Å². The number of amides is 1. The Labute approximate surface area is 121 Å². The minimum atomic E-state index is -0.341. The second-order valence-corrected chi connectivity index (χ2v) is 5.02. The Morgan fingerprint density at radius 3 is 2.85 bits per heavy atom. The van der Waals surface area contributed by atoms with Crippen molar-refractivity contribution >= 4 is 17.7 Å². The Hall–Kier alpha value is -2.01. The quantitative estimate of drug-likeness (QED) is 0.810. The van der Waals surface area contributed by atoms with Gasteiger partial charge in [-0.2, -0.15) is 0 Å². The Kier molecular flexibility index (Phi) is 3.36. The van der Waals surface area contributed by atoms with E-state index < -0.39 is 0 Å². The van der Waals surface area contributed by atoms with E-state index in [0.717, 1.165) is 22.6 Å². The van der Waals surface area contributed by atoms with Crippen molar-refractivity contribution in [3.63, 3.8) is 0 Å². The number of carbonyl (C=O) groups excluding carboxylic acids is 1. The number of halogens is 1. The van der Waals surface area contributed by atoms with Crippen LogP contribution in [-0.4, -0.2) is 29.8 Å². The Morgan fingerprint density at radius 2 is 2.15 bits per heavy atom. The third-order valence-electron chi connectivity index (χ3n) is 3.38. The third kappa shape index (κ3) is 2.25. The molecule has 104 valence electrons. The topological polar surface area (TPSA) is 55.6 Å². The lowest BCUT2D eigenvalue weighted by molar-refractivity contribution is 0.118. The molecule has 3 rings (SSSR count). The number of benzene rings is 1. The van der Waals surface area contributed by atoms with Crippen LogP contribution in [0.3, 0.4) is 0 Å². The van der Waals surface area contributed by atoms with E-state index >= 15 is 0 Å². The zero-order valence-corrected chi connectivity index (χ0v) is 11.7. The highest BCUT2D eigenvalue weighted by Crippen LogP contribution is 2.31. The molecule has 0 saturated carbocycles. The SMILES string of the molecule is COC(=O)N1CCc2c(noc2-c2ccc(Cl)cc2)C1. The van der Waals surface area contributed by atoms with Crippen molar-refractivity contribution in [3.8, 4) is 11.3 Å². The van der Waals surface area contributed by atoms with E-state index in [4.69, 9.17) is 20.9 Å². The van der Waals surface area contributed by atoms with Crippen LogP contribution in [0.4, 0.5) is 4.79 Å². The summed E-state index contributed by atoms with van der Waals surface area (Å²) in [5.41, 5.74) is 2.77. The van der Waals surface area contributed by atoms with Gasteiger partial charge >= 0.3 is 6.09 Å². The van der Waals surface area contributed by atoms with Crippen LogP contribution >= 0.6 is 11.6 Å². The highest BCUT2D eigenvalue weighted by molar-refractivity contribution is 6.30. The first-order valence-corrected chi connectivity index (χ1v) is 6.63. The van der Waals surface area contributed by atoms with E-state index in [1.807, 2.05) is 24.3 Å². The smallest absolute Gasteiger partial charge is 0.409 e. The van der Waals surface area contributed by atoms with Gasteiger partial charge in [0.25, 0.3) is 0 Å². The average molecular weight is 293 g/mol. The van der Waals surface area contributed by atoms with Gasteiger partial charge in [-0.05, 0) is 30.7 Å². The lowest BCUT2D eigenvalue weighted by Crippen LogP contribution is -2.35. The Morgan fingerprint density at radius 1 is 1.40 bits per heavy atom. The van der Waals surface area contributed by atoms with Gasteiger partial charge in [-0.25, -0.2) is 4.79 Å². The summed E-state index contributed by atoms with van der Waals surface area (Å²) in [7, 11) is 1.37. The number of hydrogen-bond acceptors (Lipinski definition) is 4. The van der Waals surface area contributed by atoms with Crippen LogP contribution in [0.1, 0.15) is 11.3 Å². The molecule has 1 amide bonds. The van der Waals surface area contributed by atoms with Crippen LogP contribution in [-0.2, 0) is 17.7 Å². The van der Waals surface area contributed by atoms with Crippen molar-refractivity contribution in [3.05, 3.63) is 40.5 Å². The zero-order chi connectivity index (χ0) is 14.1. The number of hydrogen-bond donors (Lipinski definition) is 0. The highest BCUT2D eigenvalue weighted by atomic mass is 35.5. The van der Waals surface area contributed by atoms with Gasteiger partial charge in [0.2, 0.25) is 0 Å². The minimum Gasteiger partial charge on any atom is -0.453 e. The molecule has 5 nitrogen and oxygen atoms in total.